The number of nitrogens with zero attached hydrogens (tertiary/aromatic N) is 2. The highest BCUT2D eigenvalue weighted by Gasteiger charge is 2.38. The van der Waals surface area contributed by atoms with E-state index in [4.69, 9.17) is 4.74 Å². The molecule has 0 radical (unpaired) electrons. The summed E-state index contributed by atoms with van der Waals surface area (Å²) in [5.41, 5.74) is 1.82. The maximum absolute atomic E-state index is 13.7. The molecule has 2 amide bonds. The third-order valence-corrected chi connectivity index (χ3v) is 9.71. The van der Waals surface area contributed by atoms with Gasteiger partial charge in [-0.1, -0.05) is 74.7 Å². The van der Waals surface area contributed by atoms with Gasteiger partial charge >= 0.3 is 6.03 Å². The van der Waals surface area contributed by atoms with Crippen LogP contribution in [0.4, 0.5) is 4.79 Å². The lowest BCUT2D eigenvalue weighted by atomic mass is 9.96. The van der Waals surface area contributed by atoms with Crippen LogP contribution in [-0.2, 0) is 10.0 Å². The van der Waals surface area contributed by atoms with Crippen LogP contribution < -0.4 is 10.1 Å². The number of aliphatic hydroxyl groups is 1. The summed E-state index contributed by atoms with van der Waals surface area (Å²) in [4.78, 5) is 14.7. The summed E-state index contributed by atoms with van der Waals surface area (Å²) in [5, 5.41) is 13.0. The maximum Gasteiger partial charge on any atom is 0.317 e. The van der Waals surface area contributed by atoms with Crippen molar-refractivity contribution in [1.29, 1.82) is 0 Å². The monoisotopic (exact) mass is 555 g/mol. The zero-order valence-corrected chi connectivity index (χ0v) is 23.9. The first kappa shape index (κ1) is 29.1. The van der Waals surface area contributed by atoms with E-state index in [1.807, 2.05) is 49.4 Å². The van der Waals surface area contributed by atoms with Gasteiger partial charge in [-0.05, 0) is 43.0 Å². The summed E-state index contributed by atoms with van der Waals surface area (Å²) in [5.74, 6) is 0.00774. The first-order valence-corrected chi connectivity index (χ1v) is 15.3. The number of likely N-dealkylation sites (N-methyl/N-ethyl adjacent to an activating group) is 1. The van der Waals surface area contributed by atoms with Crippen LogP contribution in [0.15, 0.2) is 53.4 Å². The number of benzene rings is 2. The largest absolute Gasteiger partial charge is 0.487 e. The highest BCUT2D eigenvalue weighted by atomic mass is 32.2. The maximum atomic E-state index is 13.7. The molecular weight excluding hydrogens is 514 g/mol. The van der Waals surface area contributed by atoms with Crippen LogP contribution in [0, 0.1) is 5.92 Å². The van der Waals surface area contributed by atoms with Crippen LogP contribution in [0.5, 0.6) is 5.75 Å². The fourth-order valence-corrected chi connectivity index (χ4v) is 7.03. The Kier molecular flexibility index (Phi) is 9.69. The van der Waals surface area contributed by atoms with Gasteiger partial charge in [0.15, 0.2) is 0 Å². The van der Waals surface area contributed by atoms with Crippen LogP contribution in [-0.4, -0.2) is 73.7 Å². The molecule has 1 saturated carbocycles. The second kappa shape index (κ2) is 13.0. The molecule has 39 heavy (non-hydrogen) atoms. The van der Waals surface area contributed by atoms with Crippen LogP contribution >= 0.6 is 0 Å². The van der Waals surface area contributed by atoms with E-state index in [9.17, 15) is 18.3 Å². The molecule has 0 unspecified atom stereocenters. The lowest BCUT2D eigenvalue weighted by Gasteiger charge is -2.37. The Morgan fingerprint density at radius 2 is 1.82 bits per heavy atom. The molecule has 0 aromatic heterocycles. The van der Waals surface area contributed by atoms with E-state index in [-0.39, 0.29) is 41.8 Å². The van der Waals surface area contributed by atoms with Crippen LogP contribution in [0.1, 0.15) is 57.1 Å². The molecular formula is C30H41N3O5S. The van der Waals surface area contributed by atoms with Crippen molar-refractivity contribution in [3.63, 3.8) is 0 Å². The standard InChI is InChI=1S/C30H41N3O5S/c1-22-19-33(23(2)21-34)39(36,37)29-17-16-25(15-14-24-10-6-4-7-11-24)18-27(29)38-28(22)20-32(3)30(35)31-26-12-8-5-9-13-26/h4,6-7,10-11,14-18,22-23,26,28,34H,5,8-9,12-13,19-21H2,1-3H3,(H,31,35)/t22-,23+,28-/m1/s1. The number of amides is 2. The number of hydrogen-bond acceptors (Lipinski definition) is 5. The Morgan fingerprint density at radius 1 is 1.13 bits per heavy atom. The number of carbonyl (C=O) groups excluding carboxylic acids is 1. The fourth-order valence-electron chi connectivity index (χ4n) is 5.20. The van der Waals surface area contributed by atoms with Crippen molar-refractivity contribution in [2.45, 2.75) is 69.0 Å². The van der Waals surface area contributed by atoms with Crippen molar-refractivity contribution in [3.8, 4) is 5.75 Å². The minimum atomic E-state index is -3.93. The SMILES string of the molecule is C[C@@H]1CN([C@@H](C)CO)S(=O)(=O)c2ccc(C=Cc3ccccc3)cc2O[C@@H]1CN(C)C(=O)NC1CCCCC1. The van der Waals surface area contributed by atoms with Gasteiger partial charge in [0.25, 0.3) is 0 Å². The van der Waals surface area contributed by atoms with Crippen molar-refractivity contribution in [2.75, 3.05) is 26.7 Å². The van der Waals surface area contributed by atoms with Gasteiger partial charge in [-0.3, -0.25) is 0 Å². The molecule has 2 aliphatic rings. The van der Waals surface area contributed by atoms with Crippen molar-refractivity contribution >= 4 is 28.2 Å². The van der Waals surface area contributed by atoms with Crippen molar-refractivity contribution in [2.24, 2.45) is 5.92 Å². The first-order chi connectivity index (χ1) is 18.7. The molecule has 212 valence electrons. The number of urea groups is 1. The summed E-state index contributed by atoms with van der Waals surface area (Å²) in [6, 6.07) is 14.4. The predicted molar refractivity (Wildman–Crippen MR) is 154 cm³/mol. The quantitative estimate of drug-likeness (QED) is 0.487. The van der Waals surface area contributed by atoms with E-state index in [0.717, 1.165) is 36.8 Å². The molecule has 2 aromatic carbocycles. The summed E-state index contributed by atoms with van der Waals surface area (Å²) in [7, 11) is -2.18. The minimum Gasteiger partial charge on any atom is -0.487 e. The number of fused-ring (bicyclic) bond motifs is 1. The van der Waals surface area contributed by atoms with Gasteiger partial charge in [0.05, 0.1) is 13.2 Å². The van der Waals surface area contributed by atoms with E-state index in [1.165, 1.54) is 10.7 Å². The molecule has 8 nitrogen and oxygen atoms in total. The summed E-state index contributed by atoms with van der Waals surface area (Å²) >= 11 is 0. The summed E-state index contributed by atoms with van der Waals surface area (Å²) in [6.45, 7) is 3.79. The van der Waals surface area contributed by atoms with Gasteiger partial charge in [-0.15, -0.1) is 0 Å². The Hall–Kier alpha value is -2.88. The number of aliphatic hydroxyl groups excluding tert-OH is 1. The smallest absolute Gasteiger partial charge is 0.317 e. The summed E-state index contributed by atoms with van der Waals surface area (Å²) in [6.07, 6.45) is 8.88. The topological polar surface area (TPSA) is 99.2 Å². The third kappa shape index (κ3) is 7.21. The number of nitrogens with one attached hydrogen (secondary N) is 1. The molecule has 2 aromatic rings. The van der Waals surface area contributed by atoms with Crippen LogP contribution in [0.25, 0.3) is 12.2 Å². The molecule has 1 fully saturated rings. The normalized spacial score (nSPS) is 22.8. The Bertz CT molecular complexity index is 1240. The Morgan fingerprint density at radius 3 is 2.51 bits per heavy atom. The van der Waals surface area contributed by atoms with E-state index < -0.39 is 22.2 Å². The van der Waals surface area contributed by atoms with Gasteiger partial charge in [-0.2, -0.15) is 4.31 Å². The third-order valence-electron chi connectivity index (χ3n) is 7.69. The Balaban J connectivity index is 1.62. The van der Waals surface area contributed by atoms with E-state index >= 15 is 0 Å². The molecule has 0 bridgehead atoms. The molecule has 1 aliphatic carbocycles. The lowest BCUT2D eigenvalue weighted by Crippen LogP contribution is -2.52. The molecule has 1 aliphatic heterocycles. The number of carbonyl (C=O) groups is 1. The van der Waals surface area contributed by atoms with Gasteiger partial charge in [-0.25, -0.2) is 13.2 Å². The first-order valence-electron chi connectivity index (χ1n) is 13.9. The molecule has 1 heterocycles. The van der Waals surface area contributed by atoms with Crippen molar-refractivity contribution in [1.82, 2.24) is 14.5 Å². The van der Waals surface area contributed by atoms with E-state index in [2.05, 4.69) is 5.32 Å². The van der Waals surface area contributed by atoms with Gasteiger partial charge in [0.1, 0.15) is 16.7 Å². The second-order valence-electron chi connectivity index (χ2n) is 10.9. The number of sulfonamides is 1. The predicted octanol–water partition coefficient (Wildman–Crippen LogP) is 4.60. The highest BCUT2D eigenvalue weighted by Crippen LogP contribution is 2.34. The second-order valence-corrected chi connectivity index (χ2v) is 12.7. The number of hydrogen-bond donors (Lipinski definition) is 2. The lowest BCUT2D eigenvalue weighted by molar-refractivity contribution is 0.0806. The zero-order chi connectivity index (χ0) is 28.0. The average molecular weight is 556 g/mol. The van der Waals surface area contributed by atoms with Crippen LogP contribution in [0.3, 0.4) is 0 Å². The Labute approximate surface area is 232 Å². The van der Waals surface area contributed by atoms with Crippen LogP contribution in [0.2, 0.25) is 0 Å². The van der Waals surface area contributed by atoms with Gasteiger partial charge in [0, 0.05) is 31.6 Å². The molecule has 2 N–H and O–H groups in total. The zero-order valence-electron chi connectivity index (χ0n) is 23.1. The number of rotatable bonds is 7. The van der Waals surface area contributed by atoms with Crippen molar-refractivity contribution < 1.29 is 23.1 Å². The summed E-state index contributed by atoms with van der Waals surface area (Å²) < 4.78 is 35.2. The molecule has 0 spiro atoms. The van der Waals surface area contributed by atoms with Gasteiger partial charge < -0.3 is 20.1 Å². The molecule has 9 heteroatoms. The molecule has 3 atom stereocenters. The van der Waals surface area contributed by atoms with Crippen molar-refractivity contribution in [3.05, 3.63) is 59.7 Å². The van der Waals surface area contributed by atoms with E-state index in [1.54, 1.807) is 37.1 Å². The minimum absolute atomic E-state index is 0.0610. The highest BCUT2D eigenvalue weighted by molar-refractivity contribution is 7.89. The van der Waals surface area contributed by atoms with Gasteiger partial charge in [0.2, 0.25) is 10.0 Å². The molecule has 4 rings (SSSR count). The fraction of sp³-hybridized carbons (Fsp3) is 0.500. The number of ether oxygens (including phenoxy) is 1. The average Bonchev–Trinajstić information content (AvgIpc) is 2.94. The van der Waals surface area contributed by atoms with E-state index in [0.29, 0.717) is 6.54 Å². The molecule has 0 saturated heterocycles.